The molecule has 0 nitrogen and oxygen atoms in total. The molecule has 0 amide bonds. The fourth-order valence-corrected chi connectivity index (χ4v) is 2.50. The summed E-state index contributed by atoms with van der Waals surface area (Å²) in [6.07, 6.45) is 5.82. The van der Waals surface area contributed by atoms with Gasteiger partial charge in [0, 0.05) is 5.38 Å². The molecule has 2 aliphatic rings. The van der Waals surface area contributed by atoms with Gasteiger partial charge < -0.3 is 0 Å². The lowest BCUT2D eigenvalue weighted by Crippen LogP contribution is -2.42. The zero-order chi connectivity index (χ0) is 6.43. The van der Waals surface area contributed by atoms with Crippen molar-refractivity contribution in [1.29, 1.82) is 0 Å². The maximum atomic E-state index is 6.06. The number of halogens is 1. The van der Waals surface area contributed by atoms with Crippen molar-refractivity contribution in [2.75, 3.05) is 0 Å². The molecule has 0 aromatic rings. The molecule has 1 saturated carbocycles. The molecule has 0 aromatic heterocycles. The van der Waals surface area contributed by atoms with Crippen LogP contribution in [-0.4, -0.2) is 5.38 Å². The molecule has 0 spiro atoms. The minimum atomic E-state index is 0.463. The lowest BCUT2D eigenvalue weighted by atomic mass is 9.67. The lowest BCUT2D eigenvalue weighted by Gasteiger charge is -2.43. The second-order valence-corrected chi connectivity index (χ2v) is 3.71. The largest absolute Gasteiger partial charge is 0.122 e. The maximum Gasteiger partial charge on any atom is 0.0404 e. The highest BCUT2D eigenvalue weighted by atomic mass is 35.5. The summed E-state index contributed by atoms with van der Waals surface area (Å²) in [5.41, 5.74) is 0. The van der Waals surface area contributed by atoms with E-state index >= 15 is 0 Å². The van der Waals surface area contributed by atoms with Crippen LogP contribution >= 0.6 is 11.6 Å². The summed E-state index contributed by atoms with van der Waals surface area (Å²) < 4.78 is 0. The van der Waals surface area contributed by atoms with E-state index in [4.69, 9.17) is 11.6 Å². The molecule has 2 aliphatic carbocycles. The number of fused-ring (bicyclic) bond motifs is 1. The Kier molecular flexibility index (Phi) is 1.13. The minimum absolute atomic E-state index is 0.463. The van der Waals surface area contributed by atoms with Crippen molar-refractivity contribution < 1.29 is 0 Å². The van der Waals surface area contributed by atoms with E-state index in [0.717, 1.165) is 17.8 Å². The Labute approximate surface area is 60.9 Å². The molecular formula is C8H11Cl. The van der Waals surface area contributed by atoms with Crippen LogP contribution in [0.2, 0.25) is 0 Å². The number of hydrogen-bond donors (Lipinski definition) is 0. The molecule has 0 aliphatic heterocycles. The van der Waals surface area contributed by atoms with Crippen molar-refractivity contribution in [3.8, 4) is 0 Å². The Morgan fingerprint density at radius 2 is 2.33 bits per heavy atom. The highest BCUT2D eigenvalue weighted by Gasteiger charge is 2.46. The molecule has 2 rings (SSSR count). The third kappa shape index (κ3) is 0.602. The summed E-state index contributed by atoms with van der Waals surface area (Å²) in [6, 6.07) is 0. The molecule has 4 atom stereocenters. The highest BCUT2D eigenvalue weighted by molar-refractivity contribution is 6.21. The van der Waals surface area contributed by atoms with Crippen molar-refractivity contribution in [3.63, 3.8) is 0 Å². The van der Waals surface area contributed by atoms with Crippen LogP contribution in [-0.2, 0) is 0 Å². The fourth-order valence-electron chi connectivity index (χ4n) is 2.06. The molecule has 0 aromatic carbocycles. The highest BCUT2D eigenvalue weighted by Crippen LogP contribution is 2.50. The van der Waals surface area contributed by atoms with Crippen LogP contribution in [0.1, 0.15) is 13.3 Å². The topological polar surface area (TPSA) is 0 Å². The van der Waals surface area contributed by atoms with Crippen LogP contribution < -0.4 is 0 Å². The van der Waals surface area contributed by atoms with Crippen molar-refractivity contribution in [2.45, 2.75) is 18.7 Å². The van der Waals surface area contributed by atoms with E-state index in [1.54, 1.807) is 0 Å². The first-order chi connectivity index (χ1) is 4.30. The predicted octanol–water partition coefficient (Wildman–Crippen LogP) is 2.44. The summed E-state index contributed by atoms with van der Waals surface area (Å²) in [7, 11) is 0. The van der Waals surface area contributed by atoms with Gasteiger partial charge in [-0.25, -0.2) is 0 Å². The predicted molar refractivity (Wildman–Crippen MR) is 39.5 cm³/mol. The van der Waals surface area contributed by atoms with Gasteiger partial charge >= 0.3 is 0 Å². The lowest BCUT2D eigenvalue weighted by molar-refractivity contribution is 0.157. The first-order valence-electron chi connectivity index (χ1n) is 3.61. The van der Waals surface area contributed by atoms with E-state index in [0.29, 0.717) is 5.38 Å². The van der Waals surface area contributed by atoms with Crippen molar-refractivity contribution in [2.24, 2.45) is 17.8 Å². The van der Waals surface area contributed by atoms with Crippen LogP contribution in [0.15, 0.2) is 12.2 Å². The molecule has 0 saturated heterocycles. The van der Waals surface area contributed by atoms with Gasteiger partial charge in [-0.05, 0) is 24.2 Å². The second kappa shape index (κ2) is 1.76. The SMILES string of the molecule is C[C@@H]1[C@H](Cl)[C@H]2CC=C[C@@H]12. The normalized spacial score (nSPS) is 54.9. The van der Waals surface area contributed by atoms with Gasteiger partial charge in [0.2, 0.25) is 0 Å². The number of allylic oxidation sites excluding steroid dienone is 2. The van der Waals surface area contributed by atoms with Gasteiger partial charge in [0.05, 0.1) is 0 Å². The molecule has 0 radical (unpaired) electrons. The van der Waals surface area contributed by atoms with E-state index in [9.17, 15) is 0 Å². The summed E-state index contributed by atoms with van der Waals surface area (Å²) in [6.45, 7) is 2.24. The van der Waals surface area contributed by atoms with Crippen molar-refractivity contribution in [3.05, 3.63) is 12.2 Å². The fraction of sp³-hybridized carbons (Fsp3) is 0.750. The van der Waals surface area contributed by atoms with E-state index in [1.165, 1.54) is 6.42 Å². The van der Waals surface area contributed by atoms with Crippen LogP contribution in [0, 0.1) is 17.8 Å². The van der Waals surface area contributed by atoms with Crippen molar-refractivity contribution in [1.82, 2.24) is 0 Å². The van der Waals surface area contributed by atoms with E-state index in [-0.39, 0.29) is 0 Å². The zero-order valence-electron chi connectivity index (χ0n) is 5.55. The van der Waals surface area contributed by atoms with Gasteiger partial charge in [0.15, 0.2) is 0 Å². The quantitative estimate of drug-likeness (QED) is 0.360. The van der Waals surface area contributed by atoms with Gasteiger partial charge in [-0.3, -0.25) is 0 Å². The standard InChI is InChI=1S/C8H11Cl/c1-5-6-3-2-4-7(6)8(5)9/h2-3,5-8H,4H2,1H3/t5-,6-,7-,8-/m0/s1. The Morgan fingerprint density at radius 1 is 1.56 bits per heavy atom. The summed E-state index contributed by atoms with van der Waals surface area (Å²) in [5.74, 6) is 2.35. The number of hydrogen-bond acceptors (Lipinski definition) is 0. The first-order valence-corrected chi connectivity index (χ1v) is 4.05. The number of alkyl halides is 1. The smallest absolute Gasteiger partial charge is 0.0404 e. The van der Waals surface area contributed by atoms with Gasteiger partial charge in [-0.2, -0.15) is 0 Å². The van der Waals surface area contributed by atoms with E-state index < -0.39 is 0 Å². The van der Waals surface area contributed by atoms with Crippen LogP contribution in [0.4, 0.5) is 0 Å². The van der Waals surface area contributed by atoms with Gasteiger partial charge in [0.25, 0.3) is 0 Å². The monoisotopic (exact) mass is 142 g/mol. The van der Waals surface area contributed by atoms with Gasteiger partial charge in [0.1, 0.15) is 0 Å². The second-order valence-electron chi connectivity index (χ2n) is 3.21. The average molecular weight is 143 g/mol. The Bertz CT molecular complexity index is 151. The molecule has 0 N–H and O–H groups in total. The molecular weight excluding hydrogens is 132 g/mol. The molecule has 1 fully saturated rings. The summed E-state index contributed by atoms with van der Waals surface area (Å²) in [4.78, 5) is 0. The molecule has 50 valence electrons. The third-order valence-corrected chi connectivity index (χ3v) is 3.50. The molecule has 1 heteroatoms. The van der Waals surface area contributed by atoms with Crippen molar-refractivity contribution >= 4 is 11.6 Å². The molecule has 9 heavy (non-hydrogen) atoms. The van der Waals surface area contributed by atoms with Gasteiger partial charge in [-0.1, -0.05) is 19.1 Å². The van der Waals surface area contributed by atoms with E-state index in [2.05, 4.69) is 19.1 Å². The van der Waals surface area contributed by atoms with Crippen LogP contribution in [0.3, 0.4) is 0 Å². The Hall–Kier alpha value is 0.0300. The first kappa shape index (κ1) is 5.79. The molecule has 0 unspecified atom stereocenters. The number of rotatable bonds is 0. The molecule has 0 bridgehead atoms. The zero-order valence-corrected chi connectivity index (χ0v) is 6.31. The Balaban J connectivity index is 2.12. The summed E-state index contributed by atoms with van der Waals surface area (Å²) in [5, 5.41) is 0.463. The average Bonchev–Trinajstić information content (AvgIpc) is 2.30. The van der Waals surface area contributed by atoms with Crippen LogP contribution in [0.5, 0.6) is 0 Å². The van der Waals surface area contributed by atoms with Gasteiger partial charge in [-0.15, -0.1) is 11.6 Å². The van der Waals surface area contributed by atoms with Crippen LogP contribution in [0.25, 0.3) is 0 Å². The summed E-state index contributed by atoms with van der Waals surface area (Å²) >= 11 is 6.06. The Morgan fingerprint density at radius 3 is 3.00 bits per heavy atom. The minimum Gasteiger partial charge on any atom is -0.122 e. The molecule has 0 heterocycles. The van der Waals surface area contributed by atoms with E-state index in [1.807, 2.05) is 0 Å². The third-order valence-electron chi connectivity index (χ3n) is 2.78. The maximum absolute atomic E-state index is 6.06.